The Morgan fingerprint density at radius 2 is 1.91 bits per heavy atom. The Kier molecular flexibility index (Phi) is 5.11. The highest BCUT2D eigenvalue weighted by molar-refractivity contribution is 6.22. The van der Waals surface area contributed by atoms with Crippen LogP contribution < -0.4 is 10.6 Å². The van der Waals surface area contributed by atoms with Crippen LogP contribution in [0.2, 0.25) is 0 Å². The lowest BCUT2D eigenvalue weighted by Crippen LogP contribution is -2.57. The zero-order chi connectivity index (χ0) is 23.1. The standard InChI is InChI=1S/C19H16F4N8O/c1-18(20)7-30(8-18)15-3-11(2-14(28-15)19(21,22)23)17-27-10-31(29-17)6-13(16(24)32)12-4-25-9-26-5-12/h2-6,9-10H,7-8H2,1H3,(H2,24,32)/b13-6+. The van der Waals surface area contributed by atoms with Crippen molar-refractivity contribution in [2.24, 2.45) is 5.73 Å². The molecule has 9 nitrogen and oxygen atoms in total. The average molecular weight is 448 g/mol. The zero-order valence-corrected chi connectivity index (χ0v) is 16.6. The maximum Gasteiger partial charge on any atom is 0.433 e. The van der Waals surface area contributed by atoms with Crippen molar-refractivity contribution in [2.75, 3.05) is 18.0 Å². The molecule has 166 valence electrons. The molecule has 32 heavy (non-hydrogen) atoms. The average Bonchev–Trinajstić information content (AvgIpc) is 3.18. The van der Waals surface area contributed by atoms with Crippen LogP contribution in [-0.4, -0.2) is 54.4 Å². The molecule has 3 aromatic rings. The number of nitrogens with zero attached hydrogens (tertiary/aromatic N) is 7. The quantitative estimate of drug-likeness (QED) is 0.470. The normalized spacial score (nSPS) is 16.0. The molecule has 1 saturated heterocycles. The van der Waals surface area contributed by atoms with Crippen LogP contribution in [0.4, 0.5) is 23.4 Å². The number of halogens is 4. The van der Waals surface area contributed by atoms with Gasteiger partial charge in [-0.2, -0.15) is 13.2 Å². The van der Waals surface area contributed by atoms with Gasteiger partial charge < -0.3 is 10.6 Å². The first-order valence-corrected chi connectivity index (χ1v) is 9.23. The van der Waals surface area contributed by atoms with Crippen molar-refractivity contribution in [2.45, 2.75) is 18.8 Å². The van der Waals surface area contributed by atoms with Gasteiger partial charge in [-0.15, -0.1) is 5.10 Å². The van der Waals surface area contributed by atoms with Gasteiger partial charge in [-0.1, -0.05) is 0 Å². The lowest BCUT2D eigenvalue weighted by Gasteiger charge is -2.43. The van der Waals surface area contributed by atoms with E-state index in [1.807, 2.05) is 0 Å². The lowest BCUT2D eigenvalue weighted by atomic mass is 9.99. The number of carbonyl (C=O) groups is 1. The summed E-state index contributed by atoms with van der Waals surface area (Å²) in [6, 6.07) is 2.16. The maximum absolute atomic E-state index is 13.9. The number of pyridine rings is 1. The second-order valence-corrected chi connectivity index (χ2v) is 7.45. The third-order valence-electron chi connectivity index (χ3n) is 4.63. The Hall–Kier alpha value is -3.90. The van der Waals surface area contributed by atoms with E-state index in [4.69, 9.17) is 5.73 Å². The molecule has 1 amide bonds. The van der Waals surface area contributed by atoms with E-state index in [1.54, 1.807) is 0 Å². The predicted octanol–water partition coefficient (Wildman–Crippen LogP) is 2.18. The van der Waals surface area contributed by atoms with Crippen molar-refractivity contribution in [3.05, 3.63) is 48.4 Å². The van der Waals surface area contributed by atoms with Gasteiger partial charge in [-0.3, -0.25) is 4.79 Å². The van der Waals surface area contributed by atoms with Crippen LogP contribution in [0.25, 0.3) is 23.2 Å². The molecule has 2 N–H and O–H groups in total. The number of amides is 1. The molecule has 13 heteroatoms. The topological polar surface area (TPSA) is 116 Å². The molecule has 1 aliphatic heterocycles. The number of nitrogens with two attached hydrogens (primary N) is 1. The van der Waals surface area contributed by atoms with Crippen molar-refractivity contribution < 1.29 is 22.4 Å². The Labute approximate surface area is 178 Å². The third-order valence-corrected chi connectivity index (χ3v) is 4.63. The molecule has 1 fully saturated rings. The van der Waals surface area contributed by atoms with Crippen molar-refractivity contribution in [1.29, 1.82) is 0 Å². The number of alkyl halides is 4. The molecule has 0 radical (unpaired) electrons. The molecule has 3 aromatic heterocycles. The van der Waals surface area contributed by atoms with E-state index in [2.05, 4.69) is 25.0 Å². The summed E-state index contributed by atoms with van der Waals surface area (Å²) in [6.45, 7) is 1.21. The summed E-state index contributed by atoms with van der Waals surface area (Å²) in [6.07, 6.45) is 1.77. The minimum absolute atomic E-state index is 0.0243. The number of hydrogen-bond acceptors (Lipinski definition) is 7. The summed E-state index contributed by atoms with van der Waals surface area (Å²) in [4.78, 5) is 28.5. The summed E-state index contributed by atoms with van der Waals surface area (Å²) >= 11 is 0. The second kappa shape index (κ2) is 7.66. The molecule has 0 bridgehead atoms. The van der Waals surface area contributed by atoms with Crippen LogP contribution in [0, 0.1) is 0 Å². The molecule has 0 aliphatic carbocycles. The first kappa shape index (κ1) is 21.3. The van der Waals surface area contributed by atoms with Gasteiger partial charge in [-0.25, -0.2) is 29.0 Å². The first-order chi connectivity index (χ1) is 15.0. The number of primary amides is 1. The van der Waals surface area contributed by atoms with Gasteiger partial charge in [0.2, 0.25) is 0 Å². The Morgan fingerprint density at radius 1 is 1.22 bits per heavy atom. The Balaban J connectivity index is 1.71. The van der Waals surface area contributed by atoms with Gasteiger partial charge in [0.05, 0.1) is 18.7 Å². The molecular weight excluding hydrogens is 432 g/mol. The van der Waals surface area contributed by atoms with Gasteiger partial charge in [0.25, 0.3) is 5.91 Å². The molecule has 0 saturated carbocycles. The van der Waals surface area contributed by atoms with E-state index in [9.17, 15) is 22.4 Å². The van der Waals surface area contributed by atoms with Crippen LogP contribution in [0.3, 0.4) is 0 Å². The fraction of sp³-hybridized carbons (Fsp3) is 0.263. The highest BCUT2D eigenvalue weighted by atomic mass is 19.4. The largest absolute Gasteiger partial charge is 0.433 e. The van der Waals surface area contributed by atoms with Crippen LogP contribution in [0.5, 0.6) is 0 Å². The van der Waals surface area contributed by atoms with Crippen LogP contribution in [0.1, 0.15) is 18.2 Å². The maximum atomic E-state index is 13.9. The van der Waals surface area contributed by atoms with Crippen LogP contribution in [0.15, 0.2) is 37.2 Å². The number of aromatic nitrogens is 6. The van der Waals surface area contributed by atoms with Crippen molar-refractivity contribution in [1.82, 2.24) is 29.7 Å². The summed E-state index contributed by atoms with van der Waals surface area (Å²) in [5, 5.41) is 4.12. The van der Waals surface area contributed by atoms with E-state index in [0.717, 1.165) is 10.7 Å². The number of rotatable bonds is 5. The van der Waals surface area contributed by atoms with Gasteiger partial charge in [0.15, 0.2) is 5.82 Å². The van der Waals surface area contributed by atoms with Gasteiger partial charge >= 0.3 is 6.18 Å². The fourth-order valence-corrected chi connectivity index (χ4v) is 3.18. The highest BCUT2D eigenvalue weighted by Crippen LogP contribution is 2.35. The Bertz CT molecular complexity index is 1180. The van der Waals surface area contributed by atoms with Crippen molar-refractivity contribution in [3.63, 3.8) is 0 Å². The highest BCUT2D eigenvalue weighted by Gasteiger charge is 2.41. The predicted molar refractivity (Wildman–Crippen MR) is 105 cm³/mol. The summed E-state index contributed by atoms with van der Waals surface area (Å²) < 4.78 is 55.1. The van der Waals surface area contributed by atoms with Gasteiger partial charge in [-0.05, 0) is 19.1 Å². The van der Waals surface area contributed by atoms with Crippen molar-refractivity contribution >= 4 is 23.5 Å². The molecule has 0 atom stereocenters. The van der Waals surface area contributed by atoms with Gasteiger partial charge in [0, 0.05) is 29.7 Å². The minimum Gasteiger partial charge on any atom is -0.366 e. The minimum atomic E-state index is -4.72. The molecule has 4 rings (SSSR count). The van der Waals surface area contributed by atoms with E-state index < -0.39 is 23.4 Å². The number of anilines is 1. The SMILES string of the molecule is CC1(F)CN(c2cc(-c3ncn(/C=C(/C(N)=O)c4cncnc4)n3)cc(C(F)(F)F)n2)C1. The van der Waals surface area contributed by atoms with E-state index in [0.29, 0.717) is 5.56 Å². The molecule has 0 spiro atoms. The zero-order valence-electron chi connectivity index (χ0n) is 16.6. The fourth-order valence-electron chi connectivity index (χ4n) is 3.18. The second-order valence-electron chi connectivity index (χ2n) is 7.45. The summed E-state index contributed by atoms with van der Waals surface area (Å²) in [7, 11) is 0. The van der Waals surface area contributed by atoms with Gasteiger partial charge in [0.1, 0.15) is 29.8 Å². The summed E-state index contributed by atoms with van der Waals surface area (Å²) in [5.41, 5.74) is 3.15. The third kappa shape index (κ3) is 4.40. The van der Waals surface area contributed by atoms with E-state index in [1.165, 1.54) is 49.1 Å². The van der Waals surface area contributed by atoms with Crippen LogP contribution >= 0.6 is 0 Å². The Morgan fingerprint density at radius 3 is 2.50 bits per heavy atom. The van der Waals surface area contributed by atoms with Crippen molar-refractivity contribution in [3.8, 4) is 11.4 Å². The number of carbonyl (C=O) groups excluding carboxylic acids is 1. The molecule has 4 heterocycles. The molecule has 1 aliphatic rings. The lowest BCUT2D eigenvalue weighted by molar-refractivity contribution is -0.141. The molecule has 0 unspecified atom stereocenters. The smallest absolute Gasteiger partial charge is 0.366 e. The first-order valence-electron chi connectivity index (χ1n) is 9.23. The monoisotopic (exact) mass is 448 g/mol. The summed E-state index contributed by atoms with van der Waals surface area (Å²) in [5.74, 6) is -0.863. The molecular formula is C19H16F4N8O. The van der Waals surface area contributed by atoms with E-state index in [-0.39, 0.29) is 35.9 Å². The van der Waals surface area contributed by atoms with E-state index >= 15 is 0 Å². The number of hydrogen-bond donors (Lipinski definition) is 1. The van der Waals surface area contributed by atoms with Crippen LogP contribution in [-0.2, 0) is 11.0 Å². The molecule has 0 aromatic carbocycles.